The van der Waals surface area contributed by atoms with Crippen molar-refractivity contribution in [3.05, 3.63) is 0 Å². The Bertz CT molecular complexity index is 360. The molecule has 1 aliphatic heterocycles. The lowest BCUT2D eigenvalue weighted by Crippen LogP contribution is -2.47. The zero-order chi connectivity index (χ0) is 14.0. The molecule has 1 heterocycles. The Balaban J connectivity index is 1.92. The topological polar surface area (TPSA) is 57.6 Å². The monoisotopic (exact) mass is 267 g/mol. The smallest absolute Gasteiger partial charge is 0.309 e. The summed E-state index contributed by atoms with van der Waals surface area (Å²) in [6.45, 7) is 4.97. The number of hydrogen-bond acceptors (Lipinski definition) is 2. The summed E-state index contributed by atoms with van der Waals surface area (Å²) in [5.41, 5.74) is -0.741. The summed E-state index contributed by atoms with van der Waals surface area (Å²) in [7, 11) is 0. The van der Waals surface area contributed by atoms with Gasteiger partial charge in [0.25, 0.3) is 0 Å². The standard InChI is InChI=1S/C15H25NO3/c1-15(2,14(18)19)12-7-4-8-16(10-12)13(17)9-11-5-3-6-11/h11-12H,3-10H2,1-2H3,(H,18,19). The van der Waals surface area contributed by atoms with E-state index in [-0.39, 0.29) is 11.8 Å². The highest BCUT2D eigenvalue weighted by atomic mass is 16.4. The number of carboxylic acid groups (broad SMARTS) is 1. The number of carboxylic acids is 1. The summed E-state index contributed by atoms with van der Waals surface area (Å²) in [4.78, 5) is 25.4. The van der Waals surface area contributed by atoms with Crippen LogP contribution in [0.15, 0.2) is 0 Å². The molecule has 1 saturated carbocycles. The normalized spacial score (nSPS) is 24.9. The van der Waals surface area contributed by atoms with Gasteiger partial charge >= 0.3 is 5.97 Å². The fourth-order valence-electron chi connectivity index (χ4n) is 3.04. The minimum atomic E-state index is -0.759. The highest BCUT2D eigenvalue weighted by Crippen LogP contribution is 2.35. The maximum absolute atomic E-state index is 12.2. The van der Waals surface area contributed by atoms with Crippen molar-refractivity contribution in [2.24, 2.45) is 17.3 Å². The third-order valence-corrected chi connectivity index (χ3v) is 5.03. The van der Waals surface area contributed by atoms with Crippen LogP contribution in [0.5, 0.6) is 0 Å². The second kappa shape index (κ2) is 5.51. The van der Waals surface area contributed by atoms with Crippen LogP contribution in [0.4, 0.5) is 0 Å². The highest BCUT2D eigenvalue weighted by molar-refractivity contribution is 5.77. The molecule has 1 aliphatic carbocycles. The molecule has 0 spiro atoms. The third kappa shape index (κ3) is 3.10. The van der Waals surface area contributed by atoms with Crippen LogP contribution >= 0.6 is 0 Å². The lowest BCUT2D eigenvalue weighted by molar-refractivity contribution is -0.153. The molecule has 1 N–H and O–H groups in total. The summed E-state index contributed by atoms with van der Waals surface area (Å²) < 4.78 is 0. The average molecular weight is 267 g/mol. The van der Waals surface area contributed by atoms with E-state index in [9.17, 15) is 14.7 Å². The fraction of sp³-hybridized carbons (Fsp3) is 0.867. The van der Waals surface area contributed by atoms with E-state index in [1.165, 1.54) is 19.3 Å². The van der Waals surface area contributed by atoms with E-state index < -0.39 is 11.4 Å². The molecular formula is C15H25NO3. The molecule has 1 amide bonds. The number of amides is 1. The van der Waals surface area contributed by atoms with Crippen molar-refractivity contribution in [1.29, 1.82) is 0 Å². The van der Waals surface area contributed by atoms with Gasteiger partial charge < -0.3 is 10.0 Å². The molecule has 0 bridgehead atoms. The Morgan fingerprint density at radius 2 is 1.89 bits per heavy atom. The van der Waals surface area contributed by atoms with Crippen LogP contribution < -0.4 is 0 Å². The summed E-state index contributed by atoms with van der Waals surface area (Å²) in [6, 6.07) is 0. The molecule has 2 aliphatic rings. The van der Waals surface area contributed by atoms with Gasteiger partial charge in [-0.3, -0.25) is 9.59 Å². The summed E-state index contributed by atoms with van der Waals surface area (Å²) in [5, 5.41) is 9.31. The van der Waals surface area contributed by atoms with Gasteiger partial charge in [0.05, 0.1) is 5.41 Å². The van der Waals surface area contributed by atoms with E-state index in [0.717, 1.165) is 19.4 Å². The highest BCUT2D eigenvalue weighted by Gasteiger charge is 2.40. The van der Waals surface area contributed by atoms with Gasteiger partial charge in [0.15, 0.2) is 0 Å². The van der Waals surface area contributed by atoms with Crippen LogP contribution in [0.2, 0.25) is 0 Å². The first-order valence-electron chi connectivity index (χ1n) is 7.42. The van der Waals surface area contributed by atoms with Gasteiger partial charge in [0.2, 0.25) is 5.91 Å². The summed E-state index contributed by atoms with van der Waals surface area (Å²) >= 11 is 0. The summed E-state index contributed by atoms with van der Waals surface area (Å²) in [5.74, 6) is 0.130. The molecule has 0 aromatic rings. The molecule has 4 nitrogen and oxygen atoms in total. The van der Waals surface area contributed by atoms with Crippen LogP contribution in [0.3, 0.4) is 0 Å². The van der Waals surface area contributed by atoms with Gasteiger partial charge in [-0.25, -0.2) is 0 Å². The van der Waals surface area contributed by atoms with Crippen LogP contribution in [-0.2, 0) is 9.59 Å². The minimum absolute atomic E-state index is 0.0732. The van der Waals surface area contributed by atoms with Crippen LogP contribution in [-0.4, -0.2) is 35.0 Å². The first-order valence-corrected chi connectivity index (χ1v) is 7.42. The molecule has 19 heavy (non-hydrogen) atoms. The van der Waals surface area contributed by atoms with E-state index in [1.54, 1.807) is 13.8 Å². The molecule has 1 atom stereocenters. The zero-order valence-electron chi connectivity index (χ0n) is 12.0. The molecule has 2 fully saturated rings. The molecule has 0 aromatic carbocycles. The van der Waals surface area contributed by atoms with Crippen LogP contribution in [0.25, 0.3) is 0 Å². The molecule has 0 radical (unpaired) electrons. The lowest BCUT2D eigenvalue weighted by Gasteiger charge is -2.40. The predicted octanol–water partition coefficient (Wildman–Crippen LogP) is 2.53. The van der Waals surface area contributed by atoms with E-state index >= 15 is 0 Å². The van der Waals surface area contributed by atoms with Crippen molar-refractivity contribution in [3.8, 4) is 0 Å². The Morgan fingerprint density at radius 1 is 1.21 bits per heavy atom. The number of piperidine rings is 1. The molecule has 1 unspecified atom stereocenters. The van der Waals surface area contributed by atoms with Gasteiger partial charge in [0.1, 0.15) is 0 Å². The molecule has 0 aromatic heterocycles. The predicted molar refractivity (Wildman–Crippen MR) is 72.7 cm³/mol. The maximum Gasteiger partial charge on any atom is 0.309 e. The van der Waals surface area contributed by atoms with Crippen molar-refractivity contribution in [2.45, 2.75) is 52.4 Å². The Kier molecular flexibility index (Phi) is 4.16. The molecule has 1 saturated heterocycles. The number of likely N-dealkylation sites (tertiary alicyclic amines) is 1. The Morgan fingerprint density at radius 3 is 2.42 bits per heavy atom. The third-order valence-electron chi connectivity index (χ3n) is 5.03. The van der Waals surface area contributed by atoms with Gasteiger partial charge in [-0.15, -0.1) is 0 Å². The molecule has 108 valence electrons. The molecular weight excluding hydrogens is 242 g/mol. The van der Waals surface area contributed by atoms with Crippen molar-refractivity contribution in [2.75, 3.05) is 13.1 Å². The molecule has 4 heteroatoms. The second-order valence-electron chi connectivity index (χ2n) is 6.71. The Labute approximate surface area is 115 Å². The van der Waals surface area contributed by atoms with E-state index in [1.807, 2.05) is 4.90 Å². The number of nitrogens with zero attached hydrogens (tertiary/aromatic N) is 1. The second-order valence-corrected chi connectivity index (χ2v) is 6.71. The molecule has 2 rings (SSSR count). The van der Waals surface area contributed by atoms with Crippen molar-refractivity contribution >= 4 is 11.9 Å². The number of carbonyl (C=O) groups excluding carboxylic acids is 1. The maximum atomic E-state index is 12.2. The SMILES string of the molecule is CC(C)(C(=O)O)C1CCCN(C(=O)CC2CCC2)C1. The Hall–Kier alpha value is -1.06. The number of carbonyl (C=O) groups is 2. The number of rotatable bonds is 4. The number of hydrogen-bond donors (Lipinski definition) is 1. The van der Waals surface area contributed by atoms with E-state index in [0.29, 0.717) is 18.9 Å². The van der Waals surface area contributed by atoms with Crippen molar-refractivity contribution < 1.29 is 14.7 Å². The lowest BCUT2D eigenvalue weighted by atomic mass is 9.74. The van der Waals surface area contributed by atoms with Gasteiger partial charge in [0, 0.05) is 19.5 Å². The van der Waals surface area contributed by atoms with Crippen LogP contribution in [0, 0.1) is 17.3 Å². The van der Waals surface area contributed by atoms with Crippen molar-refractivity contribution in [3.63, 3.8) is 0 Å². The average Bonchev–Trinajstić information content (AvgIpc) is 2.33. The van der Waals surface area contributed by atoms with E-state index in [4.69, 9.17) is 0 Å². The minimum Gasteiger partial charge on any atom is -0.481 e. The fourth-order valence-corrected chi connectivity index (χ4v) is 3.04. The van der Waals surface area contributed by atoms with Gasteiger partial charge in [-0.1, -0.05) is 6.42 Å². The zero-order valence-corrected chi connectivity index (χ0v) is 12.0. The van der Waals surface area contributed by atoms with Crippen LogP contribution in [0.1, 0.15) is 52.4 Å². The number of aliphatic carboxylic acids is 1. The van der Waals surface area contributed by atoms with Crippen molar-refractivity contribution in [1.82, 2.24) is 4.90 Å². The largest absolute Gasteiger partial charge is 0.481 e. The van der Waals surface area contributed by atoms with Gasteiger partial charge in [-0.2, -0.15) is 0 Å². The van der Waals surface area contributed by atoms with Gasteiger partial charge in [-0.05, 0) is 51.4 Å². The first kappa shape index (κ1) is 14.4. The quantitative estimate of drug-likeness (QED) is 0.851. The van der Waals surface area contributed by atoms with E-state index in [2.05, 4.69) is 0 Å². The first-order chi connectivity index (χ1) is 8.91. The summed E-state index contributed by atoms with van der Waals surface area (Å²) in [6.07, 6.45) is 6.13.